The van der Waals surface area contributed by atoms with Crippen molar-refractivity contribution in [3.8, 4) is 5.75 Å². The number of ether oxygens (including phenoxy) is 1. The van der Waals surface area contributed by atoms with Crippen LogP contribution in [0.5, 0.6) is 5.75 Å². The van der Waals surface area contributed by atoms with Gasteiger partial charge in [0, 0.05) is 34.7 Å². The van der Waals surface area contributed by atoms with Crippen molar-refractivity contribution in [1.82, 2.24) is 9.97 Å². The normalized spacial score (nSPS) is 11.8. The fraction of sp³-hybridized carbons (Fsp3) is 0.276. The molecule has 2 aromatic heterocycles. The zero-order valence-corrected chi connectivity index (χ0v) is 20.2. The molecule has 4 aromatic rings. The molecule has 2 aromatic carbocycles. The number of phenols is 1. The maximum atomic E-state index is 12.4. The highest BCUT2D eigenvalue weighted by Crippen LogP contribution is 2.36. The average Bonchev–Trinajstić information content (AvgIpc) is 2.89. The van der Waals surface area contributed by atoms with Gasteiger partial charge in [0.1, 0.15) is 11.3 Å². The van der Waals surface area contributed by atoms with E-state index in [0.717, 1.165) is 48.0 Å². The summed E-state index contributed by atoms with van der Waals surface area (Å²) in [5.41, 5.74) is 4.30. The van der Waals surface area contributed by atoms with E-state index in [0.29, 0.717) is 23.3 Å². The molecule has 0 saturated heterocycles. The number of carbonyl (C=O) groups excluding carboxylic acids is 1. The molecule has 180 valence electrons. The lowest BCUT2D eigenvalue weighted by Gasteiger charge is -2.22. The van der Waals surface area contributed by atoms with E-state index in [4.69, 9.17) is 4.74 Å². The van der Waals surface area contributed by atoms with Crippen molar-refractivity contribution in [2.75, 3.05) is 11.9 Å². The van der Waals surface area contributed by atoms with Crippen LogP contribution in [0.1, 0.15) is 65.8 Å². The van der Waals surface area contributed by atoms with Gasteiger partial charge in [0.15, 0.2) is 0 Å². The van der Waals surface area contributed by atoms with E-state index in [1.807, 2.05) is 55.5 Å². The lowest BCUT2D eigenvalue weighted by Crippen LogP contribution is -2.13. The molecule has 0 aliphatic rings. The Kier molecular flexibility index (Phi) is 7.93. The number of aromatic hydroxyl groups is 1. The fourth-order valence-electron chi connectivity index (χ4n) is 4.05. The number of phenolic OH excluding ortho intramolecular Hbond substituents is 1. The van der Waals surface area contributed by atoms with Crippen molar-refractivity contribution >= 4 is 22.6 Å². The van der Waals surface area contributed by atoms with Crippen molar-refractivity contribution < 1.29 is 14.6 Å². The van der Waals surface area contributed by atoms with Crippen LogP contribution in [0, 0.1) is 6.92 Å². The summed E-state index contributed by atoms with van der Waals surface area (Å²) in [5, 5.41) is 15.5. The van der Waals surface area contributed by atoms with Gasteiger partial charge in [-0.1, -0.05) is 50.5 Å². The van der Waals surface area contributed by atoms with E-state index < -0.39 is 0 Å². The monoisotopic (exact) mass is 469 g/mol. The maximum Gasteiger partial charge on any atom is 0.338 e. The van der Waals surface area contributed by atoms with Gasteiger partial charge in [0.05, 0.1) is 18.2 Å². The molecule has 0 saturated carbocycles. The predicted octanol–water partition coefficient (Wildman–Crippen LogP) is 6.58. The Morgan fingerprint density at radius 3 is 2.57 bits per heavy atom. The van der Waals surface area contributed by atoms with Gasteiger partial charge >= 0.3 is 5.97 Å². The maximum absolute atomic E-state index is 12.4. The summed E-state index contributed by atoms with van der Waals surface area (Å²) in [6.45, 7) is 4.50. The summed E-state index contributed by atoms with van der Waals surface area (Å²) in [6, 6.07) is 18.4. The lowest BCUT2D eigenvalue weighted by molar-refractivity contribution is 0.0498. The zero-order chi connectivity index (χ0) is 24.6. The number of unbranched alkanes of at least 4 members (excludes halogenated alkanes) is 3. The van der Waals surface area contributed by atoms with Crippen LogP contribution in [-0.2, 0) is 4.74 Å². The second-order valence-corrected chi connectivity index (χ2v) is 8.67. The van der Waals surface area contributed by atoms with Gasteiger partial charge in [-0.2, -0.15) is 0 Å². The Bertz CT molecular complexity index is 1270. The number of hydrogen-bond donors (Lipinski definition) is 2. The van der Waals surface area contributed by atoms with E-state index in [-0.39, 0.29) is 17.8 Å². The first kappa shape index (κ1) is 24.2. The minimum Gasteiger partial charge on any atom is -0.505 e. The number of nitrogens with zero attached hydrogens (tertiary/aromatic N) is 2. The minimum atomic E-state index is -0.369. The molecule has 0 fully saturated rings. The Morgan fingerprint density at radius 1 is 1.03 bits per heavy atom. The predicted molar refractivity (Wildman–Crippen MR) is 139 cm³/mol. The summed E-state index contributed by atoms with van der Waals surface area (Å²) in [4.78, 5) is 21.2. The first-order valence-electron chi connectivity index (χ1n) is 12.1. The van der Waals surface area contributed by atoms with E-state index >= 15 is 0 Å². The Labute approximate surface area is 206 Å². The van der Waals surface area contributed by atoms with Crippen LogP contribution in [0.15, 0.2) is 73.1 Å². The van der Waals surface area contributed by atoms with Gasteiger partial charge < -0.3 is 15.2 Å². The van der Waals surface area contributed by atoms with Crippen molar-refractivity contribution in [2.45, 2.75) is 45.6 Å². The third-order valence-electron chi connectivity index (χ3n) is 6.00. The largest absolute Gasteiger partial charge is 0.505 e. The van der Waals surface area contributed by atoms with Gasteiger partial charge in [-0.25, -0.2) is 9.78 Å². The van der Waals surface area contributed by atoms with Crippen LogP contribution in [0.2, 0.25) is 0 Å². The van der Waals surface area contributed by atoms with Crippen LogP contribution in [0.3, 0.4) is 0 Å². The van der Waals surface area contributed by atoms with Crippen LogP contribution < -0.4 is 5.32 Å². The van der Waals surface area contributed by atoms with E-state index in [1.165, 1.54) is 0 Å². The van der Waals surface area contributed by atoms with E-state index in [9.17, 15) is 9.90 Å². The number of esters is 1. The number of anilines is 1. The first-order chi connectivity index (χ1) is 17.1. The van der Waals surface area contributed by atoms with E-state index in [1.54, 1.807) is 24.5 Å². The summed E-state index contributed by atoms with van der Waals surface area (Å²) in [7, 11) is 0. The fourth-order valence-corrected chi connectivity index (χ4v) is 4.05. The summed E-state index contributed by atoms with van der Waals surface area (Å²) < 4.78 is 5.39. The molecule has 35 heavy (non-hydrogen) atoms. The minimum absolute atomic E-state index is 0.135. The van der Waals surface area contributed by atoms with Crippen LogP contribution in [0.25, 0.3) is 10.9 Å². The number of nitrogens with one attached hydrogen (secondary N) is 1. The molecule has 2 N–H and O–H groups in total. The second-order valence-electron chi connectivity index (χ2n) is 8.67. The Balaban J connectivity index is 1.56. The molecule has 1 atom stereocenters. The summed E-state index contributed by atoms with van der Waals surface area (Å²) >= 11 is 0. The Hall–Kier alpha value is -3.93. The third-order valence-corrected chi connectivity index (χ3v) is 6.00. The number of carbonyl (C=O) groups is 1. The van der Waals surface area contributed by atoms with Gasteiger partial charge in [0.2, 0.25) is 0 Å². The molecule has 0 bridgehead atoms. The number of hydrogen-bond acceptors (Lipinski definition) is 6. The molecule has 4 rings (SSSR count). The third kappa shape index (κ3) is 5.96. The number of benzene rings is 2. The van der Waals surface area contributed by atoms with Crippen molar-refractivity contribution in [1.29, 1.82) is 0 Å². The van der Waals surface area contributed by atoms with Crippen molar-refractivity contribution in [3.63, 3.8) is 0 Å². The van der Waals surface area contributed by atoms with Gasteiger partial charge in [-0.05, 0) is 55.3 Å². The first-order valence-corrected chi connectivity index (χ1v) is 12.1. The van der Waals surface area contributed by atoms with Crippen LogP contribution in [-0.4, -0.2) is 27.7 Å². The number of aryl methyl sites for hydroxylation is 1. The molecule has 1 unspecified atom stereocenters. The Morgan fingerprint density at radius 2 is 1.83 bits per heavy atom. The SMILES string of the molecule is CCCCCCOC(=O)c1ccc(NC(c2cccnc2)c2ccc3ccc(C)nc3c2O)cc1. The topological polar surface area (TPSA) is 84.3 Å². The zero-order valence-electron chi connectivity index (χ0n) is 20.2. The molecule has 0 aliphatic carbocycles. The van der Waals surface area contributed by atoms with Crippen molar-refractivity contribution in [3.05, 3.63) is 95.4 Å². The molecule has 2 heterocycles. The molecular formula is C29H31N3O3. The number of rotatable bonds is 10. The average molecular weight is 470 g/mol. The van der Waals surface area contributed by atoms with Crippen molar-refractivity contribution in [2.24, 2.45) is 0 Å². The molecule has 6 heteroatoms. The van der Waals surface area contributed by atoms with Gasteiger partial charge in [-0.15, -0.1) is 0 Å². The summed E-state index contributed by atoms with van der Waals surface area (Å²) in [5.74, 6) is -0.179. The highest BCUT2D eigenvalue weighted by atomic mass is 16.5. The summed E-state index contributed by atoms with van der Waals surface area (Å²) in [6.07, 6.45) is 7.74. The lowest BCUT2D eigenvalue weighted by atomic mass is 9.97. The molecular weight excluding hydrogens is 438 g/mol. The highest BCUT2D eigenvalue weighted by molar-refractivity contribution is 5.90. The smallest absolute Gasteiger partial charge is 0.338 e. The molecule has 0 aliphatic heterocycles. The van der Waals surface area contributed by atoms with E-state index in [2.05, 4.69) is 22.2 Å². The number of pyridine rings is 2. The molecule has 0 spiro atoms. The number of aromatic nitrogens is 2. The molecule has 0 radical (unpaired) electrons. The second kappa shape index (κ2) is 11.5. The standard InChI is InChI=1S/C29H31N3O3/c1-3-4-5-6-18-35-29(34)22-11-14-24(15-12-22)32-26(23-8-7-17-30-19-23)25-16-13-21-10-9-20(2)31-27(21)28(25)33/h7-17,19,26,32-33H,3-6,18H2,1-2H3. The van der Waals surface area contributed by atoms with Crippen LogP contribution >= 0.6 is 0 Å². The quantitative estimate of drug-likeness (QED) is 0.201. The number of fused-ring (bicyclic) bond motifs is 1. The van der Waals surface area contributed by atoms with Crippen LogP contribution in [0.4, 0.5) is 5.69 Å². The molecule has 6 nitrogen and oxygen atoms in total. The highest BCUT2D eigenvalue weighted by Gasteiger charge is 2.20. The molecule has 0 amide bonds. The van der Waals surface area contributed by atoms with Gasteiger partial charge in [-0.3, -0.25) is 4.98 Å². The van der Waals surface area contributed by atoms with Gasteiger partial charge in [0.25, 0.3) is 0 Å².